The quantitative estimate of drug-likeness (QED) is 0.753. The number of carbonyl (C=O) groups is 1. The third kappa shape index (κ3) is 3.75. The number of aliphatic hydroxyl groups excluding tert-OH is 1. The van der Waals surface area contributed by atoms with Crippen LogP contribution in [0.5, 0.6) is 0 Å². The molecule has 3 N–H and O–H groups in total. The van der Waals surface area contributed by atoms with Gasteiger partial charge in [0.25, 0.3) is 0 Å². The molecule has 0 spiro atoms. The molecule has 1 aromatic rings. The molecule has 0 radical (unpaired) electrons. The van der Waals surface area contributed by atoms with E-state index in [1.807, 2.05) is 32.0 Å². The zero-order valence-corrected chi connectivity index (χ0v) is 10.8. The van der Waals surface area contributed by atoms with Crippen molar-refractivity contribution in [3.05, 3.63) is 29.3 Å². The Morgan fingerprint density at radius 2 is 2.00 bits per heavy atom. The molecular formula is C13H20N2O2. The molecule has 0 aliphatic heterocycles. The summed E-state index contributed by atoms with van der Waals surface area (Å²) in [6.45, 7) is 7.37. The van der Waals surface area contributed by atoms with Gasteiger partial charge < -0.3 is 15.7 Å². The van der Waals surface area contributed by atoms with E-state index in [0.29, 0.717) is 0 Å². The lowest BCUT2D eigenvalue weighted by Gasteiger charge is -2.24. The minimum Gasteiger partial charge on any atom is -0.394 e. The molecule has 0 unspecified atom stereocenters. The van der Waals surface area contributed by atoms with Gasteiger partial charge in [-0.2, -0.15) is 0 Å². The highest BCUT2D eigenvalue weighted by Gasteiger charge is 2.19. The maximum Gasteiger partial charge on any atom is 0.319 e. The summed E-state index contributed by atoms with van der Waals surface area (Å²) in [6.07, 6.45) is 0. The molecule has 2 amide bonds. The molecule has 1 aromatic carbocycles. The third-order valence-electron chi connectivity index (χ3n) is 2.70. The highest BCUT2D eigenvalue weighted by atomic mass is 16.3. The van der Waals surface area contributed by atoms with Gasteiger partial charge in [0, 0.05) is 5.69 Å². The first-order valence-corrected chi connectivity index (χ1v) is 5.62. The lowest BCUT2D eigenvalue weighted by molar-refractivity contribution is 0.187. The largest absolute Gasteiger partial charge is 0.394 e. The molecule has 0 fully saturated rings. The van der Waals surface area contributed by atoms with Gasteiger partial charge in [-0.05, 0) is 44.9 Å². The van der Waals surface area contributed by atoms with Gasteiger partial charge in [0.15, 0.2) is 0 Å². The van der Waals surface area contributed by atoms with Crippen LogP contribution in [0.3, 0.4) is 0 Å². The molecule has 4 heteroatoms. The summed E-state index contributed by atoms with van der Waals surface area (Å²) >= 11 is 0. The number of aryl methyl sites for hydroxylation is 1. The third-order valence-corrected chi connectivity index (χ3v) is 2.70. The van der Waals surface area contributed by atoms with Gasteiger partial charge in [-0.15, -0.1) is 0 Å². The average Bonchev–Trinajstić information content (AvgIpc) is 2.24. The predicted molar refractivity (Wildman–Crippen MR) is 69.2 cm³/mol. The number of rotatable bonds is 3. The Morgan fingerprint density at radius 1 is 1.35 bits per heavy atom. The highest BCUT2D eigenvalue weighted by molar-refractivity contribution is 5.90. The predicted octanol–water partition coefficient (Wildman–Crippen LogP) is 2.20. The Morgan fingerprint density at radius 3 is 2.59 bits per heavy atom. The fourth-order valence-corrected chi connectivity index (χ4v) is 1.39. The molecule has 0 heterocycles. The number of anilines is 1. The number of benzene rings is 1. The maximum absolute atomic E-state index is 11.7. The Labute approximate surface area is 102 Å². The van der Waals surface area contributed by atoms with E-state index in [4.69, 9.17) is 5.11 Å². The first kappa shape index (κ1) is 13.5. The van der Waals surface area contributed by atoms with E-state index in [-0.39, 0.29) is 12.6 Å². The second-order valence-corrected chi connectivity index (χ2v) is 4.87. The Kier molecular flexibility index (Phi) is 4.12. The number of hydrogen-bond donors (Lipinski definition) is 3. The van der Waals surface area contributed by atoms with E-state index < -0.39 is 5.54 Å². The molecule has 0 aliphatic carbocycles. The van der Waals surface area contributed by atoms with Crippen molar-refractivity contribution >= 4 is 11.7 Å². The van der Waals surface area contributed by atoms with Crippen LogP contribution in [0.25, 0.3) is 0 Å². The molecule has 94 valence electrons. The molecule has 0 bridgehead atoms. The minimum absolute atomic E-state index is 0.104. The van der Waals surface area contributed by atoms with Crippen molar-refractivity contribution in [1.29, 1.82) is 0 Å². The van der Waals surface area contributed by atoms with E-state index in [1.54, 1.807) is 13.8 Å². The molecule has 0 aliphatic rings. The SMILES string of the molecule is Cc1cccc(NC(=O)NC(C)(C)CO)c1C. The van der Waals surface area contributed by atoms with E-state index in [2.05, 4.69) is 10.6 Å². The molecule has 0 saturated carbocycles. The van der Waals surface area contributed by atoms with Crippen LogP contribution in [0, 0.1) is 13.8 Å². The molecule has 17 heavy (non-hydrogen) atoms. The number of aliphatic hydroxyl groups is 1. The fraction of sp³-hybridized carbons (Fsp3) is 0.462. The summed E-state index contributed by atoms with van der Waals surface area (Å²) in [6, 6.07) is 5.44. The van der Waals surface area contributed by atoms with Crippen LogP contribution >= 0.6 is 0 Å². The monoisotopic (exact) mass is 236 g/mol. The number of carbonyl (C=O) groups excluding carboxylic acids is 1. The molecule has 4 nitrogen and oxygen atoms in total. The zero-order chi connectivity index (χ0) is 13.1. The number of nitrogens with one attached hydrogen (secondary N) is 2. The first-order valence-electron chi connectivity index (χ1n) is 5.62. The average molecular weight is 236 g/mol. The Balaban J connectivity index is 2.72. The van der Waals surface area contributed by atoms with Gasteiger partial charge in [-0.1, -0.05) is 12.1 Å². The van der Waals surface area contributed by atoms with Crippen LogP contribution in [-0.2, 0) is 0 Å². The lowest BCUT2D eigenvalue weighted by atomic mass is 10.1. The Bertz CT molecular complexity index is 414. The standard InChI is InChI=1S/C13H20N2O2/c1-9-6-5-7-11(10(9)2)14-12(17)15-13(3,4)8-16/h5-7,16H,8H2,1-4H3,(H2,14,15,17). The molecule has 0 aromatic heterocycles. The van der Waals surface area contributed by atoms with Crippen LogP contribution in [0.15, 0.2) is 18.2 Å². The molecule has 0 atom stereocenters. The summed E-state index contributed by atoms with van der Waals surface area (Å²) < 4.78 is 0. The summed E-state index contributed by atoms with van der Waals surface area (Å²) in [5, 5.41) is 14.5. The minimum atomic E-state index is -0.623. The smallest absolute Gasteiger partial charge is 0.319 e. The van der Waals surface area contributed by atoms with Gasteiger partial charge in [0.05, 0.1) is 12.1 Å². The Hall–Kier alpha value is -1.55. The van der Waals surface area contributed by atoms with Gasteiger partial charge in [0.1, 0.15) is 0 Å². The van der Waals surface area contributed by atoms with E-state index >= 15 is 0 Å². The van der Waals surface area contributed by atoms with Crippen molar-refractivity contribution in [2.24, 2.45) is 0 Å². The summed E-state index contributed by atoms with van der Waals surface area (Å²) in [5.74, 6) is 0. The normalized spacial score (nSPS) is 11.1. The first-order chi connectivity index (χ1) is 7.85. The highest BCUT2D eigenvalue weighted by Crippen LogP contribution is 2.17. The van der Waals surface area contributed by atoms with Gasteiger partial charge in [0.2, 0.25) is 0 Å². The van der Waals surface area contributed by atoms with Crippen LogP contribution in [-0.4, -0.2) is 23.3 Å². The molecule has 1 rings (SSSR count). The molecular weight excluding hydrogens is 216 g/mol. The summed E-state index contributed by atoms with van der Waals surface area (Å²) in [4.78, 5) is 11.7. The summed E-state index contributed by atoms with van der Waals surface area (Å²) in [7, 11) is 0. The lowest BCUT2D eigenvalue weighted by Crippen LogP contribution is -2.48. The van der Waals surface area contributed by atoms with Gasteiger partial charge >= 0.3 is 6.03 Å². The number of amides is 2. The van der Waals surface area contributed by atoms with E-state index in [1.165, 1.54) is 0 Å². The van der Waals surface area contributed by atoms with E-state index in [0.717, 1.165) is 16.8 Å². The van der Waals surface area contributed by atoms with Crippen LogP contribution < -0.4 is 10.6 Å². The topological polar surface area (TPSA) is 61.4 Å². The summed E-state index contributed by atoms with van der Waals surface area (Å²) in [5.41, 5.74) is 2.34. The van der Waals surface area contributed by atoms with Crippen molar-refractivity contribution in [3.63, 3.8) is 0 Å². The van der Waals surface area contributed by atoms with Crippen molar-refractivity contribution in [3.8, 4) is 0 Å². The second-order valence-electron chi connectivity index (χ2n) is 4.87. The second kappa shape index (κ2) is 5.19. The van der Waals surface area contributed by atoms with Crippen molar-refractivity contribution in [2.45, 2.75) is 33.2 Å². The fourth-order valence-electron chi connectivity index (χ4n) is 1.39. The number of urea groups is 1. The van der Waals surface area contributed by atoms with E-state index in [9.17, 15) is 4.79 Å². The van der Waals surface area contributed by atoms with Gasteiger partial charge in [-0.3, -0.25) is 0 Å². The molecule has 0 saturated heterocycles. The van der Waals surface area contributed by atoms with Crippen LogP contribution in [0.4, 0.5) is 10.5 Å². The van der Waals surface area contributed by atoms with Crippen LogP contribution in [0.1, 0.15) is 25.0 Å². The number of hydrogen-bond acceptors (Lipinski definition) is 2. The van der Waals surface area contributed by atoms with Crippen molar-refractivity contribution in [2.75, 3.05) is 11.9 Å². The maximum atomic E-state index is 11.7. The van der Waals surface area contributed by atoms with Crippen molar-refractivity contribution < 1.29 is 9.90 Å². The van der Waals surface area contributed by atoms with Crippen LogP contribution in [0.2, 0.25) is 0 Å². The van der Waals surface area contributed by atoms with Gasteiger partial charge in [-0.25, -0.2) is 4.79 Å². The van der Waals surface area contributed by atoms with Crippen molar-refractivity contribution in [1.82, 2.24) is 5.32 Å². The zero-order valence-electron chi connectivity index (χ0n) is 10.8.